The molecule has 1 aliphatic heterocycles. The fourth-order valence-corrected chi connectivity index (χ4v) is 2.81. The van der Waals surface area contributed by atoms with Crippen molar-refractivity contribution in [2.75, 3.05) is 29.9 Å². The molecule has 0 bridgehead atoms. The van der Waals surface area contributed by atoms with Crippen molar-refractivity contribution in [3.63, 3.8) is 0 Å². The van der Waals surface area contributed by atoms with Crippen molar-refractivity contribution in [3.05, 3.63) is 23.8 Å². The lowest BCUT2D eigenvalue weighted by Crippen LogP contribution is -2.46. The van der Waals surface area contributed by atoms with Crippen molar-refractivity contribution in [1.29, 1.82) is 0 Å². The van der Waals surface area contributed by atoms with Gasteiger partial charge in [-0.05, 0) is 37.0 Å². The molecule has 0 aromatic heterocycles. The number of rotatable bonds is 7. The second-order valence-electron chi connectivity index (χ2n) is 6.83. The van der Waals surface area contributed by atoms with Gasteiger partial charge in [0.25, 0.3) is 0 Å². The van der Waals surface area contributed by atoms with Gasteiger partial charge in [-0.15, -0.1) is 0 Å². The van der Waals surface area contributed by atoms with E-state index in [9.17, 15) is 14.4 Å². The summed E-state index contributed by atoms with van der Waals surface area (Å²) in [6, 6.07) is 4.33. The zero-order valence-electron chi connectivity index (χ0n) is 15.2. The minimum Gasteiger partial charge on any atom is -0.370 e. The SMILES string of the molecule is CC(C)[C@H](N)C(=O)NCC(=O)Nc1cc(C(N)=O)ccc1N1CCCC1. The highest BCUT2D eigenvalue weighted by Crippen LogP contribution is 2.30. The van der Waals surface area contributed by atoms with Crippen LogP contribution in [0.3, 0.4) is 0 Å². The summed E-state index contributed by atoms with van der Waals surface area (Å²) >= 11 is 0. The van der Waals surface area contributed by atoms with E-state index < -0.39 is 17.9 Å². The number of carbonyl (C=O) groups excluding carboxylic acids is 3. The van der Waals surface area contributed by atoms with Crippen LogP contribution in [0.5, 0.6) is 0 Å². The Kier molecular flexibility index (Phi) is 6.57. The maximum atomic E-state index is 12.3. The van der Waals surface area contributed by atoms with E-state index >= 15 is 0 Å². The topological polar surface area (TPSA) is 131 Å². The molecule has 1 aromatic carbocycles. The first-order valence-corrected chi connectivity index (χ1v) is 8.81. The van der Waals surface area contributed by atoms with Crippen LogP contribution >= 0.6 is 0 Å². The number of anilines is 2. The predicted octanol–water partition coefficient (Wildman–Crippen LogP) is 0.424. The van der Waals surface area contributed by atoms with Crippen molar-refractivity contribution in [1.82, 2.24) is 5.32 Å². The van der Waals surface area contributed by atoms with Gasteiger partial charge in [-0.25, -0.2) is 0 Å². The Balaban J connectivity index is 2.08. The summed E-state index contributed by atoms with van der Waals surface area (Å²) in [5, 5.41) is 5.29. The summed E-state index contributed by atoms with van der Waals surface area (Å²) < 4.78 is 0. The lowest BCUT2D eigenvalue weighted by molar-refractivity contribution is -0.125. The summed E-state index contributed by atoms with van der Waals surface area (Å²) in [6.07, 6.45) is 2.15. The van der Waals surface area contributed by atoms with Gasteiger partial charge in [0.1, 0.15) is 0 Å². The van der Waals surface area contributed by atoms with Crippen molar-refractivity contribution in [3.8, 4) is 0 Å². The summed E-state index contributed by atoms with van der Waals surface area (Å²) in [4.78, 5) is 37.7. The highest BCUT2D eigenvalue weighted by molar-refractivity contribution is 6.00. The number of nitrogens with zero attached hydrogens (tertiary/aromatic N) is 1. The number of nitrogens with two attached hydrogens (primary N) is 2. The molecule has 1 aromatic rings. The predicted molar refractivity (Wildman–Crippen MR) is 101 cm³/mol. The number of nitrogens with one attached hydrogen (secondary N) is 2. The van der Waals surface area contributed by atoms with Gasteiger partial charge in [0.05, 0.1) is 24.0 Å². The molecule has 8 nitrogen and oxygen atoms in total. The van der Waals surface area contributed by atoms with Crippen LogP contribution in [0.25, 0.3) is 0 Å². The number of benzene rings is 1. The minimum atomic E-state index is -0.666. The van der Waals surface area contributed by atoms with E-state index in [4.69, 9.17) is 11.5 Å². The molecule has 2 rings (SSSR count). The number of hydrogen-bond acceptors (Lipinski definition) is 5. The van der Waals surface area contributed by atoms with Crippen molar-refractivity contribution in [2.24, 2.45) is 17.4 Å². The van der Waals surface area contributed by atoms with E-state index in [1.165, 1.54) is 0 Å². The zero-order chi connectivity index (χ0) is 19.3. The Hall–Kier alpha value is -2.61. The monoisotopic (exact) mass is 361 g/mol. The first kappa shape index (κ1) is 19.7. The molecule has 1 saturated heterocycles. The highest BCUT2D eigenvalue weighted by atomic mass is 16.2. The van der Waals surface area contributed by atoms with Crippen LogP contribution in [0.2, 0.25) is 0 Å². The van der Waals surface area contributed by atoms with Crippen LogP contribution in [-0.2, 0) is 9.59 Å². The molecule has 1 atom stereocenters. The third-order valence-electron chi connectivity index (χ3n) is 4.45. The maximum Gasteiger partial charge on any atom is 0.248 e. The van der Waals surface area contributed by atoms with E-state index in [1.54, 1.807) is 18.2 Å². The first-order valence-electron chi connectivity index (χ1n) is 8.81. The van der Waals surface area contributed by atoms with Gasteiger partial charge < -0.3 is 27.0 Å². The van der Waals surface area contributed by atoms with Crippen LogP contribution in [0, 0.1) is 5.92 Å². The van der Waals surface area contributed by atoms with Crippen molar-refractivity contribution < 1.29 is 14.4 Å². The van der Waals surface area contributed by atoms with Gasteiger partial charge in [0.2, 0.25) is 17.7 Å². The van der Waals surface area contributed by atoms with Gasteiger partial charge in [-0.1, -0.05) is 13.8 Å². The van der Waals surface area contributed by atoms with Crippen molar-refractivity contribution >= 4 is 29.1 Å². The second kappa shape index (κ2) is 8.66. The molecule has 1 fully saturated rings. The first-order chi connectivity index (χ1) is 12.3. The Labute approximate surface area is 153 Å². The molecule has 3 amide bonds. The second-order valence-corrected chi connectivity index (χ2v) is 6.83. The molecule has 0 aliphatic carbocycles. The largest absolute Gasteiger partial charge is 0.370 e. The summed E-state index contributed by atoms with van der Waals surface area (Å²) in [6.45, 7) is 5.25. The fraction of sp³-hybridized carbons (Fsp3) is 0.500. The third-order valence-corrected chi connectivity index (χ3v) is 4.45. The van der Waals surface area contributed by atoms with Crippen LogP contribution < -0.4 is 27.0 Å². The molecule has 1 aliphatic rings. The average Bonchev–Trinajstić information content (AvgIpc) is 3.13. The van der Waals surface area contributed by atoms with Gasteiger partial charge in [0, 0.05) is 18.7 Å². The summed E-state index contributed by atoms with van der Waals surface area (Å²) in [5.74, 6) is -1.35. The average molecular weight is 361 g/mol. The molecule has 26 heavy (non-hydrogen) atoms. The standard InChI is InChI=1S/C18H27N5O3/c1-11(2)16(19)18(26)21-10-15(24)22-13-9-12(17(20)25)5-6-14(13)23-7-3-4-8-23/h5-6,9,11,16H,3-4,7-8,10,19H2,1-2H3,(H2,20,25)(H,21,26)(H,22,24)/t16-/m0/s1. The highest BCUT2D eigenvalue weighted by Gasteiger charge is 2.20. The lowest BCUT2D eigenvalue weighted by atomic mass is 10.1. The molecule has 0 radical (unpaired) electrons. The summed E-state index contributed by atoms with van der Waals surface area (Å²) in [5.41, 5.74) is 12.8. The van der Waals surface area contributed by atoms with Crippen LogP contribution in [0.1, 0.15) is 37.0 Å². The van der Waals surface area contributed by atoms with E-state index in [-0.39, 0.29) is 18.4 Å². The number of primary amides is 1. The zero-order valence-corrected chi connectivity index (χ0v) is 15.2. The molecule has 142 valence electrons. The van der Waals surface area contributed by atoms with Gasteiger partial charge in [-0.2, -0.15) is 0 Å². The number of hydrogen-bond donors (Lipinski definition) is 4. The minimum absolute atomic E-state index is 0.0212. The van der Waals surface area contributed by atoms with Crippen molar-refractivity contribution in [2.45, 2.75) is 32.7 Å². The molecule has 8 heteroatoms. The van der Waals surface area contributed by atoms with Gasteiger partial charge in [-0.3, -0.25) is 14.4 Å². The van der Waals surface area contributed by atoms with E-state index in [0.717, 1.165) is 31.6 Å². The number of amides is 3. The molecular formula is C18H27N5O3. The Morgan fingerprint density at radius 1 is 1.19 bits per heavy atom. The smallest absolute Gasteiger partial charge is 0.248 e. The van der Waals surface area contributed by atoms with Gasteiger partial charge in [0.15, 0.2) is 0 Å². The Morgan fingerprint density at radius 2 is 1.85 bits per heavy atom. The fourth-order valence-electron chi connectivity index (χ4n) is 2.81. The molecular weight excluding hydrogens is 334 g/mol. The molecule has 0 spiro atoms. The van der Waals surface area contributed by atoms with Crippen LogP contribution in [-0.4, -0.2) is 43.4 Å². The van der Waals surface area contributed by atoms with Crippen LogP contribution in [0.15, 0.2) is 18.2 Å². The third kappa shape index (κ3) is 4.95. The maximum absolute atomic E-state index is 12.3. The Morgan fingerprint density at radius 3 is 2.42 bits per heavy atom. The Bertz CT molecular complexity index is 683. The number of carbonyl (C=O) groups is 3. The molecule has 0 saturated carbocycles. The molecule has 0 unspecified atom stereocenters. The summed E-state index contributed by atoms with van der Waals surface area (Å²) in [7, 11) is 0. The van der Waals surface area contributed by atoms with Crippen LogP contribution in [0.4, 0.5) is 11.4 Å². The van der Waals surface area contributed by atoms with E-state index in [1.807, 2.05) is 13.8 Å². The molecule has 1 heterocycles. The van der Waals surface area contributed by atoms with Gasteiger partial charge >= 0.3 is 0 Å². The van der Waals surface area contributed by atoms with E-state index in [0.29, 0.717) is 11.3 Å². The molecule has 6 N–H and O–H groups in total. The normalized spacial score (nSPS) is 15.0. The quantitative estimate of drug-likeness (QED) is 0.559. The lowest BCUT2D eigenvalue weighted by Gasteiger charge is -2.22. The van der Waals surface area contributed by atoms with E-state index in [2.05, 4.69) is 15.5 Å².